The quantitative estimate of drug-likeness (QED) is 0.330. The summed E-state index contributed by atoms with van der Waals surface area (Å²) in [7, 11) is -4.02. The van der Waals surface area contributed by atoms with Crippen LogP contribution in [0.3, 0.4) is 0 Å². The van der Waals surface area contributed by atoms with E-state index in [-0.39, 0.29) is 23.7 Å². The predicted molar refractivity (Wildman–Crippen MR) is 129 cm³/mol. The molecule has 35 heavy (non-hydrogen) atoms. The van der Waals surface area contributed by atoms with Crippen molar-refractivity contribution in [2.75, 3.05) is 0 Å². The fourth-order valence-electron chi connectivity index (χ4n) is 3.14. The summed E-state index contributed by atoms with van der Waals surface area (Å²) in [5.41, 5.74) is 1.35. The van der Waals surface area contributed by atoms with Gasteiger partial charge in [-0.25, -0.2) is 9.59 Å². The van der Waals surface area contributed by atoms with Gasteiger partial charge in [0.2, 0.25) is 0 Å². The first-order valence-electron chi connectivity index (χ1n) is 11.0. The van der Waals surface area contributed by atoms with E-state index in [2.05, 4.69) is 5.32 Å². The highest BCUT2D eigenvalue weighted by atomic mass is 32.2. The first-order valence-corrected chi connectivity index (χ1v) is 12.4. The summed E-state index contributed by atoms with van der Waals surface area (Å²) in [4.78, 5) is 25.0. The van der Waals surface area contributed by atoms with E-state index in [9.17, 15) is 18.0 Å². The lowest BCUT2D eigenvalue weighted by Gasteiger charge is -2.19. The molecule has 1 amide bonds. The van der Waals surface area contributed by atoms with Crippen molar-refractivity contribution in [1.82, 2.24) is 5.32 Å². The second-order valence-corrected chi connectivity index (χ2v) is 9.49. The van der Waals surface area contributed by atoms with Crippen LogP contribution in [0, 0.1) is 0 Å². The molecule has 184 valence electrons. The zero-order valence-electron chi connectivity index (χ0n) is 19.4. The number of amides is 1. The lowest BCUT2D eigenvalue weighted by Crippen LogP contribution is -2.44. The summed E-state index contributed by atoms with van der Waals surface area (Å²) in [6.45, 7) is 3.44. The fourth-order valence-corrected chi connectivity index (χ4v) is 4.08. The van der Waals surface area contributed by atoms with Crippen molar-refractivity contribution >= 4 is 22.2 Å². The number of ether oxygens (including phenoxy) is 2. The molecule has 3 aromatic rings. The van der Waals surface area contributed by atoms with Gasteiger partial charge in [-0.05, 0) is 49.2 Å². The van der Waals surface area contributed by atoms with Gasteiger partial charge in [0.25, 0.3) is 0 Å². The molecular formula is C26H27NO7S. The Morgan fingerprint density at radius 2 is 1.49 bits per heavy atom. The Balaban J connectivity index is 1.71. The monoisotopic (exact) mass is 497 g/mol. The third-order valence-corrected chi connectivity index (χ3v) is 5.98. The maximum Gasteiger partial charge on any atom is 0.408 e. The average Bonchev–Trinajstić information content (AvgIpc) is 2.83. The number of hydrogen-bond acceptors (Lipinski definition) is 7. The highest BCUT2D eigenvalue weighted by Gasteiger charge is 2.25. The van der Waals surface area contributed by atoms with E-state index in [4.69, 9.17) is 13.7 Å². The Morgan fingerprint density at radius 1 is 0.857 bits per heavy atom. The molecule has 0 heterocycles. The van der Waals surface area contributed by atoms with Crippen LogP contribution in [0.25, 0.3) is 0 Å². The van der Waals surface area contributed by atoms with E-state index in [1.54, 1.807) is 44.2 Å². The zero-order valence-corrected chi connectivity index (χ0v) is 20.2. The first kappa shape index (κ1) is 25.8. The van der Waals surface area contributed by atoms with E-state index in [1.165, 1.54) is 24.3 Å². The van der Waals surface area contributed by atoms with Crippen LogP contribution >= 0.6 is 0 Å². The van der Waals surface area contributed by atoms with Gasteiger partial charge in [0.1, 0.15) is 23.3 Å². The van der Waals surface area contributed by atoms with Gasteiger partial charge in [-0.15, -0.1) is 0 Å². The summed E-state index contributed by atoms with van der Waals surface area (Å²) in [5.74, 6) is -0.561. The number of carbonyl (C=O) groups excluding carboxylic acids is 2. The number of esters is 1. The summed E-state index contributed by atoms with van der Waals surface area (Å²) < 4.78 is 40.8. The van der Waals surface area contributed by atoms with Crippen molar-refractivity contribution in [2.24, 2.45) is 0 Å². The van der Waals surface area contributed by atoms with Gasteiger partial charge in [-0.1, -0.05) is 60.7 Å². The van der Waals surface area contributed by atoms with Gasteiger partial charge in [0.15, 0.2) is 0 Å². The summed E-state index contributed by atoms with van der Waals surface area (Å²) in [5, 5.41) is 2.54. The molecule has 8 nitrogen and oxygen atoms in total. The number of hydrogen-bond donors (Lipinski definition) is 1. The van der Waals surface area contributed by atoms with Crippen LogP contribution in [-0.2, 0) is 37.4 Å². The predicted octanol–water partition coefficient (Wildman–Crippen LogP) is 4.24. The Morgan fingerprint density at radius 3 is 2.14 bits per heavy atom. The number of rotatable bonds is 10. The zero-order chi connectivity index (χ0) is 25.3. The maximum atomic E-state index is 12.6. The number of benzene rings is 3. The number of carbonyl (C=O) groups is 2. The number of alkyl carbamates (subject to hydrolysis) is 1. The van der Waals surface area contributed by atoms with Crippen molar-refractivity contribution in [3.05, 3.63) is 96.1 Å². The SMILES string of the molecule is CC(C)OC(=O)[C@H](Cc1cccc(OS(=O)(=O)c2ccccc2)c1)NC(=O)OCc1ccccc1. The van der Waals surface area contributed by atoms with Crippen molar-refractivity contribution in [3.8, 4) is 5.75 Å². The Hall–Kier alpha value is -3.85. The highest BCUT2D eigenvalue weighted by Crippen LogP contribution is 2.21. The highest BCUT2D eigenvalue weighted by molar-refractivity contribution is 7.87. The van der Waals surface area contributed by atoms with Gasteiger partial charge in [0.05, 0.1) is 6.10 Å². The molecule has 3 aromatic carbocycles. The van der Waals surface area contributed by atoms with Gasteiger partial charge in [-0.2, -0.15) is 8.42 Å². The molecule has 0 aliphatic heterocycles. The third-order valence-electron chi connectivity index (χ3n) is 4.72. The fraction of sp³-hybridized carbons (Fsp3) is 0.231. The molecule has 1 N–H and O–H groups in total. The van der Waals surface area contributed by atoms with Gasteiger partial charge >= 0.3 is 22.2 Å². The van der Waals surface area contributed by atoms with Crippen LogP contribution < -0.4 is 9.50 Å². The van der Waals surface area contributed by atoms with Crippen molar-refractivity contribution in [2.45, 2.75) is 43.9 Å². The van der Waals surface area contributed by atoms with Gasteiger partial charge in [-0.3, -0.25) is 0 Å². The maximum absolute atomic E-state index is 12.6. The van der Waals surface area contributed by atoms with E-state index < -0.39 is 34.3 Å². The molecule has 0 radical (unpaired) electrons. The molecule has 0 spiro atoms. The smallest absolute Gasteiger partial charge is 0.408 e. The molecule has 9 heteroatoms. The Kier molecular flexibility index (Phi) is 8.86. The van der Waals surface area contributed by atoms with Crippen LogP contribution in [-0.4, -0.2) is 32.6 Å². The van der Waals surface area contributed by atoms with Crippen LogP contribution in [0.4, 0.5) is 4.79 Å². The second-order valence-electron chi connectivity index (χ2n) is 7.95. The summed E-state index contributed by atoms with van der Waals surface area (Å²) >= 11 is 0. The lowest BCUT2D eigenvalue weighted by atomic mass is 10.1. The van der Waals surface area contributed by atoms with E-state index >= 15 is 0 Å². The molecule has 0 bridgehead atoms. The van der Waals surface area contributed by atoms with Crippen molar-refractivity contribution in [1.29, 1.82) is 0 Å². The minimum absolute atomic E-state index is 0.0200. The molecule has 0 aromatic heterocycles. The molecule has 0 saturated carbocycles. The van der Waals surface area contributed by atoms with E-state index in [1.807, 2.05) is 30.3 Å². The lowest BCUT2D eigenvalue weighted by molar-refractivity contribution is -0.149. The molecular weight excluding hydrogens is 470 g/mol. The molecule has 0 saturated heterocycles. The van der Waals surface area contributed by atoms with Crippen LogP contribution in [0.2, 0.25) is 0 Å². The summed E-state index contributed by atoms with van der Waals surface area (Å²) in [6, 6.07) is 22.1. The van der Waals surface area contributed by atoms with Gasteiger partial charge in [0, 0.05) is 6.42 Å². The molecule has 1 atom stereocenters. The third kappa shape index (κ3) is 8.15. The minimum Gasteiger partial charge on any atom is -0.461 e. The Bertz CT molecular complexity index is 1230. The van der Waals surface area contributed by atoms with Crippen LogP contribution in [0.1, 0.15) is 25.0 Å². The second kappa shape index (κ2) is 12.0. The van der Waals surface area contributed by atoms with Crippen LogP contribution in [0.15, 0.2) is 89.8 Å². The molecule has 0 aliphatic carbocycles. The van der Waals surface area contributed by atoms with Crippen molar-refractivity contribution < 1.29 is 31.7 Å². The topological polar surface area (TPSA) is 108 Å². The van der Waals surface area contributed by atoms with Crippen LogP contribution in [0.5, 0.6) is 5.75 Å². The van der Waals surface area contributed by atoms with E-state index in [0.29, 0.717) is 5.56 Å². The normalized spacial score (nSPS) is 12.0. The molecule has 3 rings (SSSR count). The van der Waals surface area contributed by atoms with E-state index in [0.717, 1.165) is 5.56 Å². The standard InChI is InChI=1S/C26H27NO7S/c1-19(2)33-25(28)24(27-26(29)32-18-20-10-5-3-6-11-20)17-21-12-9-13-22(16-21)34-35(30,31)23-14-7-4-8-15-23/h3-16,19,24H,17-18H2,1-2H3,(H,27,29)/t24-/m0/s1. The molecule has 0 aliphatic rings. The molecule has 0 fully saturated rings. The van der Waals surface area contributed by atoms with Crippen molar-refractivity contribution in [3.63, 3.8) is 0 Å². The average molecular weight is 498 g/mol. The Labute approximate surface area is 205 Å². The summed E-state index contributed by atoms with van der Waals surface area (Å²) in [6.07, 6.45) is -1.13. The molecule has 0 unspecified atom stereocenters. The minimum atomic E-state index is -4.02. The largest absolute Gasteiger partial charge is 0.461 e. The van der Waals surface area contributed by atoms with Gasteiger partial charge < -0.3 is 19.0 Å². The number of nitrogens with one attached hydrogen (secondary N) is 1. The first-order chi connectivity index (χ1) is 16.7.